The van der Waals surface area contributed by atoms with Gasteiger partial charge in [-0.3, -0.25) is 4.79 Å². The van der Waals surface area contributed by atoms with E-state index < -0.39 is 15.3 Å². The summed E-state index contributed by atoms with van der Waals surface area (Å²) in [6.45, 7) is 6.58. The van der Waals surface area contributed by atoms with Crippen molar-refractivity contribution in [3.63, 3.8) is 0 Å². The zero-order chi connectivity index (χ0) is 15.7. The van der Waals surface area contributed by atoms with Crippen molar-refractivity contribution in [1.29, 1.82) is 0 Å². The van der Waals surface area contributed by atoms with Crippen LogP contribution in [0.1, 0.15) is 26.5 Å². The number of carbonyl (C=O) groups is 1. The van der Waals surface area contributed by atoms with Crippen LogP contribution < -0.4 is 4.90 Å². The summed E-state index contributed by atoms with van der Waals surface area (Å²) in [5.41, 5.74) is -0.138. The molecule has 0 saturated carbocycles. The van der Waals surface area contributed by atoms with Gasteiger partial charge in [-0.15, -0.1) is 11.3 Å². The topological polar surface area (TPSA) is 76.6 Å². The van der Waals surface area contributed by atoms with E-state index in [0.29, 0.717) is 25.4 Å². The maximum absolute atomic E-state index is 12.0. The third kappa shape index (κ3) is 3.55. The van der Waals surface area contributed by atoms with Crippen molar-refractivity contribution >= 4 is 32.3 Å². The van der Waals surface area contributed by atoms with Gasteiger partial charge in [0.15, 0.2) is 15.0 Å². The highest BCUT2D eigenvalue weighted by Crippen LogP contribution is 2.30. The quantitative estimate of drug-likeness (QED) is 0.772. The van der Waals surface area contributed by atoms with Crippen LogP contribution in [0.5, 0.6) is 0 Å². The molecule has 8 heteroatoms. The number of nitrogens with zero attached hydrogens (tertiary/aromatic N) is 2. The van der Waals surface area contributed by atoms with Crippen LogP contribution in [0.15, 0.2) is 5.38 Å². The summed E-state index contributed by atoms with van der Waals surface area (Å²) in [5, 5.41) is 2.60. The predicted molar refractivity (Wildman–Crippen MR) is 82.6 cm³/mol. The van der Waals surface area contributed by atoms with Crippen LogP contribution in [-0.2, 0) is 24.8 Å². The molecule has 6 nitrogen and oxygen atoms in total. The van der Waals surface area contributed by atoms with Crippen LogP contribution in [0, 0.1) is 0 Å². The monoisotopic (exact) mass is 332 g/mol. The summed E-state index contributed by atoms with van der Waals surface area (Å²) in [7, 11) is -2.90. The Morgan fingerprint density at radius 3 is 2.62 bits per heavy atom. The second-order valence-corrected chi connectivity index (χ2v) is 8.64. The van der Waals surface area contributed by atoms with E-state index in [4.69, 9.17) is 4.74 Å². The van der Waals surface area contributed by atoms with Gasteiger partial charge in [0.25, 0.3) is 0 Å². The Bertz CT molecular complexity index is 608. The molecule has 0 unspecified atom stereocenters. The fourth-order valence-corrected chi connectivity index (χ4v) is 4.26. The second kappa shape index (κ2) is 5.92. The molecule has 1 aromatic rings. The molecular formula is C13H20N2O4S2. The standard InChI is InChI=1S/C13H20N2O4S2/c1-4-19-11(16)13(2,3)10-9-20-12(14-10)15-5-7-21(17,18)8-6-15/h9H,4-8H2,1-3H3. The molecule has 1 saturated heterocycles. The molecule has 2 heterocycles. The van der Waals surface area contributed by atoms with Gasteiger partial charge in [-0.1, -0.05) is 0 Å². The average Bonchev–Trinajstić information content (AvgIpc) is 2.89. The number of thiazole rings is 1. The highest BCUT2D eigenvalue weighted by Gasteiger charge is 2.34. The minimum Gasteiger partial charge on any atom is -0.465 e. The molecule has 1 aromatic heterocycles. The smallest absolute Gasteiger partial charge is 0.317 e. The Hall–Kier alpha value is -1.15. The molecule has 0 N–H and O–H groups in total. The number of sulfone groups is 1. The summed E-state index contributed by atoms with van der Waals surface area (Å²) >= 11 is 1.43. The van der Waals surface area contributed by atoms with Gasteiger partial charge >= 0.3 is 5.97 Å². The molecule has 0 bridgehead atoms. The van der Waals surface area contributed by atoms with E-state index in [-0.39, 0.29) is 17.5 Å². The lowest BCUT2D eigenvalue weighted by Crippen LogP contribution is -2.40. The van der Waals surface area contributed by atoms with Gasteiger partial charge in [-0.25, -0.2) is 13.4 Å². The first kappa shape index (κ1) is 16.2. The van der Waals surface area contributed by atoms with Crippen LogP contribution >= 0.6 is 11.3 Å². The number of hydrogen-bond donors (Lipinski definition) is 0. The van der Waals surface area contributed by atoms with Gasteiger partial charge in [-0.05, 0) is 20.8 Å². The van der Waals surface area contributed by atoms with Gasteiger partial charge in [0.2, 0.25) is 0 Å². The van der Waals surface area contributed by atoms with E-state index in [1.54, 1.807) is 20.8 Å². The highest BCUT2D eigenvalue weighted by molar-refractivity contribution is 7.91. The fraction of sp³-hybridized carbons (Fsp3) is 0.692. The molecule has 0 aliphatic carbocycles. The van der Waals surface area contributed by atoms with Gasteiger partial charge in [-0.2, -0.15) is 0 Å². The maximum atomic E-state index is 12.0. The number of esters is 1. The van der Waals surface area contributed by atoms with Gasteiger partial charge in [0, 0.05) is 18.5 Å². The summed E-state index contributed by atoms with van der Waals surface area (Å²) in [6, 6.07) is 0. The number of rotatable bonds is 4. The summed E-state index contributed by atoms with van der Waals surface area (Å²) in [5.74, 6) is 0.00916. The zero-order valence-electron chi connectivity index (χ0n) is 12.5. The van der Waals surface area contributed by atoms with Gasteiger partial charge in [0.1, 0.15) is 5.41 Å². The van der Waals surface area contributed by atoms with Crippen molar-refractivity contribution in [3.05, 3.63) is 11.1 Å². The minimum atomic E-state index is -2.90. The lowest BCUT2D eigenvalue weighted by atomic mass is 9.90. The van der Waals surface area contributed by atoms with Crippen molar-refractivity contribution in [2.24, 2.45) is 0 Å². The minimum absolute atomic E-state index is 0.156. The third-order valence-corrected chi connectivity index (χ3v) is 6.04. The van der Waals surface area contributed by atoms with Crippen LogP contribution in [0.2, 0.25) is 0 Å². The Morgan fingerprint density at radius 1 is 1.43 bits per heavy atom. The van der Waals surface area contributed by atoms with Crippen LogP contribution in [0.4, 0.5) is 5.13 Å². The normalized spacial score (nSPS) is 18.5. The molecule has 21 heavy (non-hydrogen) atoms. The number of hydrogen-bond acceptors (Lipinski definition) is 7. The summed E-state index contributed by atoms with van der Waals surface area (Å²) in [4.78, 5) is 18.4. The van der Waals surface area contributed by atoms with Crippen LogP contribution in [-0.4, -0.2) is 50.6 Å². The number of ether oxygens (including phenoxy) is 1. The molecule has 0 amide bonds. The average molecular weight is 332 g/mol. The van der Waals surface area contributed by atoms with E-state index in [2.05, 4.69) is 4.98 Å². The first-order valence-electron chi connectivity index (χ1n) is 6.85. The molecule has 118 valence electrons. The van der Waals surface area contributed by atoms with Crippen LogP contribution in [0.3, 0.4) is 0 Å². The van der Waals surface area contributed by atoms with Crippen molar-refractivity contribution < 1.29 is 17.9 Å². The predicted octanol–water partition coefficient (Wildman–Crippen LogP) is 1.22. The van der Waals surface area contributed by atoms with E-state index in [9.17, 15) is 13.2 Å². The molecule has 0 atom stereocenters. The van der Waals surface area contributed by atoms with Crippen molar-refractivity contribution in [2.75, 3.05) is 36.1 Å². The maximum Gasteiger partial charge on any atom is 0.317 e. The second-order valence-electron chi connectivity index (χ2n) is 5.50. The first-order valence-corrected chi connectivity index (χ1v) is 9.55. The first-order chi connectivity index (χ1) is 9.76. The highest BCUT2D eigenvalue weighted by atomic mass is 32.2. The largest absolute Gasteiger partial charge is 0.465 e. The molecule has 0 spiro atoms. The molecule has 1 aliphatic heterocycles. The number of carbonyl (C=O) groups excluding carboxylic acids is 1. The Morgan fingerprint density at radius 2 is 2.05 bits per heavy atom. The van der Waals surface area contributed by atoms with E-state index in [1.165, 1.54) is 11.3 Å². The Labute approximate surface area is 129 Å². The van der Waals surface area contributed by atoms with Crippen molar-refractivity contribution in [2.45, 2.75) is 26.2 Å². The third-order valence-electron chi connectivity index (χ3n) is 3.53. The Kier molecular flexibility index (Phi) is 4.57. The molecule has 0 radical (unpaired) electrons. The fourth-order valence-electron chi connectivity index (χ4n) is 2.02. The summed E-state index contributed by atoms with van der Waals surface area (Å²) in [6.07, 6.45) is 0. The van der Waals surface area contributed by atoms with E-state index in [0.717, 1.165) is 5.13 Å². The lowest BCUT2D eigenvalue weighted by molar-refractivity contribution is -0.148. The molecular weight excluding hydrogens is 312 g/mol. The van der Waals surface area contributed by atoms with E-state index >= 15 is 0 Å². The van der Waals surface area contributed by atoms with Crippen LogP contribution in [0.25, 0.3) is 0 Å². The lowest BCUT2D eigenvalue weighted by Gasteiger charge is -2.26. The molecule has 1 aliphatic rings. The zero-order valence-corrected chi connectivity index (χ0v) is 14.1. The molecule has 1 fully saturated rings. The van der Waals surface area contributed by atoms with Crippen molar-refractivity contribution in [3.8, 4) is 0 Å². The number of anilines is 1. The molecule has 2 rings (SSSR count). The van der Waals surface area contributed by atoms with E-state index in [1.807, 2.05) is 10.3 Å². The SMILES string of the molecule is CCOC(=O)C(C)(C)c1csc(N2CCS(=O)(=O)CC2)n1. The van der Waals surface area contributed by atoms with Gasteiger partial charge in [0.05, 0.1) is 23.8 Å². The Balaban J connectivity index is 2.13. The van der Waals surface area contributed by atoms with Crippen molar-refractivity contribution in [1.82, 2.24) is 4.98 Å². The number of aromatic nitrogens is 1. The molecule has 0 aromatic carbocycles. The summed E-state index contributed by atoms with van der Waals surface area (Å²) < 4.78 is 28.0. The van der Waals surface area contributed by atoms with Gasteiger partial charge < -0.3 is 9.64 Å².